The Hall–Kier alpha value is -2.25. The third-order valence-corrected chi connectivity index (χ3v) is 3.11. The molecule has 0 saturated carbocycles. The Morgan fingerprint density at radius 2 is 1.59 bits per heavy atom. The second kappa shape index (κ2) is 7.67. The molecule has 0 spiro atoms. The van der Waals surface area contributed by atoms with E-state index in [1.54, 1.807) is 6.07 Å². The Morgan fingerprint density at radius 3 is 2.05 bits per heavy atom. The molecule has 0 radical (unpaired) electrons. The zero-order valence-corrected chi connectivity index (χ0v) is 11.8. The smallest absolute Gasteiger partial charge is 0.475 e. The zero-order valence-electron chi connectivity index (χ0n) is 11.8. The second-order valence-electron chi connectivity index (χ2n) is 4.73. The first-order valence-electron chi connectivity index (χ1n) is 6.67. The molecule has 1 aliphatic rings. The van der Waals surface area contributed by atoms with Gasteiger partial charge in [0.2, 0.25) is 0 Å². The maximum Gasteiger partial charge on any atom is 0.490 e. The van der Waals surface area contributed by atoms with Crippen molar-refractivity contribution in [1.29, 1.82) is 0 Å². The van der Waals surface area contributed by atoms with Gasteiger partial charge in [0.05, 0.1) is 5.56 Å². The third kappa shape index (κ3) is 5.27. The Kier molecular flexibility index (Phi) is 6.21. The summed E-state index contributed by atoms with van der Waals surface area (Å²) in [6, 6.07) is 7.58. The fraction of sp³-hybridized carbons (Fsp3) is 0.429. The number of hydrogen-bond donors (Lipinski definition) is 2. The van der Waals surface area contributed by atoms with Gasteiger partial charge in [0.25, 0.3) is 5.91 Å². The lowest BCUT2D eigenvalue weighted by Gasteiger charge is -2.29. The largest absolute Gasteiger partial charge is 0.490 e. The standard InChI is InChI=1S/C12H16N2O.C2HF3O2/c13-12(15)10-6-2-3-7-11(10)14-8-4-1-5-9-14;3-2(4,5)1(6)7/h2-3,6-7H,1,4-5,8-9H2,(H2,13,15);(H,6,7). The number of benzene rings is 1. The van der Waals surface area contributed by atoms with Crippen molar-refractivity contribution < 1.29 is 27.9 Å². The molecular formula is C14H17F3N2O3. The fourth-order valence-electron chi connectivity index (χ4n) is 2.09. The number of carboxylic acid groups (broad SMARTS) is 1. The summed E-state index contributed by atoms with van der Waals surface area (Å²) in [6.45, 7) is 2.06. The molecule has 1 aromatic carbocycles. The number of hydrogen-bond acceptors (Lipinski definition) is 3. The van der Waals surface area contributed by atoms with E-state index in [9.17, 15) is 18.0 Å². The van der Waals surface area contributed by atoms with Crippen LogP contribution in [0.1, 0.15) is 29.6 Å². The second-order valence-corrected chi connectivity index (χ2v) is 4.73. The van der Waals surface area contributed by atoms with E-state index in [4.69, 9.17) is 15.6 Å². The third-order valence-electron chi connectivity index (χ3n) is 3.11. The predicted octanol–water partition coefficient (Wildman–Crippen LogP) is 2.41. The number of piperidine rings is 1. The molecule has 0 aromatic heterocycles. The lowest BCUT2D eigenvalue weighted by molar-refractivity contribution is -0.192. The minimum absolute atomic E-state index is 0.337. The van der Waals surface area contributed by atoms with Crippen molar-refractivity contribution >= 4 is 17.6 Å². The van der Waals surface area contributed by atoms with Crippen LogP contribution in [0.25, 0.3) is 0 Å². The van der Waals surface area contributed by atoms with Gasteiger partial charge in [-0.25, -0.2) is 4.79 Å². The number of anilines is 1. The molecular weight excluding hydrogens is 301 g/mol. The highest BCUT2D eigenvalue weighted by Crippen LogP contribution is 2.23. The molecule has 0 unspecified atom stereocenters. The summed E-state index contributed by atoms with van der Waals surface area (Å²) in [6.07, 6.45) is -1.39. The van der Waals surface area contributed by atoms with Gasteiger partial charge in [-0.1, -0.05) is 12.1 Å². The average Bonchev–Trinajstić information content (AvgIpc) is 2.48. The van der Waals surface area contributed by atoms with E-state index >= 15 is 0 Å². The van der Waals surface area contributed by atoms with Gasteiger partial charge in [-0.05, 0) is 31.4 Å². The van der Waals surface area contributed by atoms with Crippen LogP contribution in [0.2, 0.25) is 0 Å². The predicted molar refractivity (Wildman–Crippen MR) is 74.7 cm³/mol. The van der Waals surface area contributed by atoms with E-state index in [0.29, 0.717) is 5.56 Å². The van der Waals surface area contributed by atoms with Crippen molar-refractivity contribution in [1.82, 2.24) is 0 Å². The molecule has 0 atom stereocenters. The summed E-state index contributed by atoms with van der Waals surface area (Å²) in [4.78, 5) is 22.4. The molecule has 122 valence electrons. The molecule has 1 aliphatic heterocycles. The minimum atomic E-state index is -5.08. The van der Waals surface area contributed by atoms with Gasteiger partial charge in [-0.15, -0.1) is 0 Å². The Morgan fingerprint density at radius 1 is 1.09 bits per heavy atom. The maximum atomic E-state index is 11.3. The van der Waals surface area contributed by atoms with Gasteiger partial charge in [-0.3, -0.25) is 4.79 Å². The van der Waals surface area contributed by atoms with Crippen LogP contribution in [0.3, 0.4) is 0 Å². The number of aliphatic carboxylic acids is 1. The van der Waals surface area contributed by atoms with Crippen LogP contribution in [0.5, 0.6) is 0 Å². The van der Waals surface area contributed by atoms with Crippen LogP contribution < -0.4 is 10.6 Å². The first-order valence-corrected chi connectivity index (χ1v) is 6.67. The van der Waals surface area contributed by atoms with Crippen molar-refractivity contribution in [2.45, 2.75) is 25.4 Å². The summed E-state index contributed by atoms with van der Waals surface area (Å²) in [5, 5.41) is 7.12. The molecule has 0 bridgehead atoms. The molecule has 1 aromatic rings. The highest BCUT2D eigenvalue weighted by atomic mass is 19.4. The summed E-state index contributed by atoms with van der Waals surface area (Å²) in [5.74, 6) is -3.09. The summed E-state index contributed by atoms with van der Waals surface area (Å²) in [5.41, 5.74) is 6.98. The molecule has 2 rings (SSSR count). The SMILES string of the molecule is NC(=O)c1ccccc1N1CCCCC1.O=C(O)C(F)(F)F. The molecule has 8 heteroatoms. The lowest BCUT2D eigenvalue weighted by Crippen LogP contribution is -2.31. The Labute approximate surface area is 125 Å². The Bertz CT molecular complexity index is 526. The van der Waals surface area contributed by atoms with E-state index in [1.165, 1.54) is 19.3 Å². The maximum absolute atomic E-state index is 11.3. The Balaban J connectivity index is 0.000000295. The topological polar surface area (TPSA) is 83.6 Å². The number of carbonyl (C=O) groups is 2. The van der Waals surface area contributed by atoms with Gasteiger partial charge in [-0.2, -0.15) is 13.2 Å². The van der Waals surface area contributed by atoms with Gasteiger partial charge in [0.1, 0.15) is 0 Å². The number of halogens is 3. The van der Waals surface area contributed by atoms with E-state index in [-0.39, 0.29) is 5.91 Å². The molecule has 5 nitrogen and oxygen atoms in total. The quantitative estimate of drug-likeness (QED) is 0.877. The number of alkyl halides is 3. The average molecular weight is 318 g/mol. The first kappa shape index (κ1) is 17.8. The van der Waals surface area contributed by atoms with Gasteiger partial charge in [0, 0.05) is 18.8 Å². The van der Waals surface area contributed by atoms with E-state index < -0.39 is 12.1 Å². The fourth-order valence-corrected chi connectivity index (χ4v) is 2.09. The van der Waals surface area contributed by atoms with Gasteiger partial charge < -0.3 is 15.7 Å². The van der Waals surface area contributed by atoms with Crippen LogP contribution in [0.15, 0.2) is 24.3 Å². The molecule has 1 amide bonds. The number of amides is 1. The van der Waals surface area contributed by atoms with E-state index in [0.717, 1.165) is 18.8 Å². The summed E-state index contributed by atoms with van der Waals surface area (Å²) >= 11 is 0. The molecule has 0 aliphatic carbocycles. The monoisotopic (exact) mass is 318 g/mol. The number of carboxylic acids is 1. The first-order chi connectivity index (χ1) is 10.2. The summed E-state index contributed by atoms with van der Waals surface area (Å²) < 4.78 is 31.7. The van der Waals surface area contributed by atoms with Crippen LogP contribution in [0.4, 0.5) is 18.9 Å². The lowest BCUT2D eigenvalue weighted by atomic mass is 10.1. The van der Waals surface area contributed by atoms with E-state index in [1.807, 2.05) is 18.2 Å². The minimum Gasteiger partial charge on any atom is -0.475 e. The molecule has 22 heavy (non-hydrogen) atoms. The van der Waals surface area contributed by atoms with E-state index in [2.05, 4.69) is 4.90 Å². The zero-order chi connectivity index (χ0) is 16.8. The number of nitrogens with two attached hydrogens (primary N) is 1. The van der Waals surface area contributed by atoms with Crippen molar-refractivity contribution in [2.75, 3.05) is 18.0 Å². The van der Waals surface area contributed by atoms with Gasteiger partial charge in [0.15, 0.2) is 0 Å². The van der Waals surface area contributed by atoms with Gasteiger partial charge >= 0.3 is 12.1 Å². The highest BCUT2D eigenvalue weighted by molar-refractivity contribution is 5.98. The van der Waals surface area contributed by atoms with Crippen molar-refractivity contribution in [2.24, 2.45) is 5.73 Å². The molecule has 1 heterocycles. The van der Waals surface area contributed by atoms with Crippen LogP contribution >= 0.6 is 0 Å². The molecule has 1 fully saturated rings. The molecule has 3 N–H and O–H groups in total. The van der Waals surface area contributed by atoms with Crippen LogP contribution in [-0.2, 0) is 4.79 Å². The van der Waals surface area contributed by atoms with Crippen molar-refractivity contribution in [3.63, 3.8) is 0 Å². The number of carbonyl (C=O) groups excluding carboxylic acids is 1. The number of rotatable bonds is 2. The van der Waals surface area contributed by atoms with Crippen molar-refractivity contribution in [3.8, 4) is 0 Å². The van der Waals surface area contributed by atoms with Crippen LogP contribution in [0, 0.1) is 0 Å². The number of para-hydroxylation sites is 1. The normalized spacial score (nSPS) is 14.8. The number of nitrogens with zero attached hydrogens (tertiary/aromatic N) is 1. The van der Waals surface area contributed by atoms with Crippen molar-refractivity contribution in [3.05, 3.63) is 29.8 Å². The summed E-state index contributed by atoms with van der Waals surface area (Å²) in [7, 11) is 0. The van der Waals surface area contributed by atoms with Crippen LogP contribution in [-0.4, -0.2) is 36.2 Å². The molecule has 1 saturated heterocycles. The highest BCUT2D eigenvalue weighted by Gasteiger charge is 2.38. The number of primary amides is 1.